The van der Waals surface area contributed by atoms with Gasteiger partial charge in [-0.2, -0.15) is 4.98 Å². The lowest BCUT2D eigenvalue weighted by atomic mass is 10.1. The highest BCUT2D eigenvalue weighted by Crippen LogP contribution is 2.12. The van der Waals surface area contributed by atoms with Crippen molar-refractivity contribution >= 4 is 0 Å². The molecule has 1 atom stereocenters. The second-order valence-electron chi connectivity index (χ2n) is 5.34. The average molecular weight is 238 g/mol. The van der Waals surface area contributed by atoms with Crippen molar-refractivity contribution in [1.29, 1.82) is 0 Å². The third kappa shape index (κ3) is 3.78. The highest BCUT2D eigenvalue weighted by atomic mass is 16.5. The van der Waals surface area contributed by atoms with Crippen molar-refractivity contribution in [2.75, 3.05) is 13.1 Å². The zero-order valence-corrected chi connectivity index (χ0v) is 10.7. The molecule has 5 heteroatoms. The van der Waals surface area contributed by atoms with E-state index in [0.29, 0.717) is 12.0 Å². The molecule has 96 valence electrons. The van der Waals surface area contributed by atoms with Crippen LogP contribution in [0.3, 0.4) is 0 Å². The summed E-state index contributed by atoms with van der Waals surface area (Å²) < 4.78 is 5.26. The third-order valence-corrected chi connectivity index (χ3v) is 3.00. The molecule has 2 heterocycles. The second kappa shape index (κ2) is 5.60. The maximum Gasteiger partial charge on any atom is 0.240 e. The molecule has 1 aliphatic rings. The maximum atomic E-state index is 5.94. The SMILES string of the molecule is CC(C)Cc1noc(CN2CCCC(N)C2)n1. The Labute approximate surface area is 102 Å². The van der Waals surface area contributed by atoms with Crippen LogP contribution in [0.2, 0.25) is 0 Å². The Hall–Kier alpha value is -0.940. The predicted molar refractivity (Wildman–Crippen MR) is 65.3 cm³/mol. The lowest BCUT2D eigenvalue weighted by molar-refractivity contribution is 0.178. The van der Waals surface area contributed by atoms with Crippen molar-refractivity contribution in [3.63, 3.8) is 0 Å². The smallest absolute Gasteiger partial charge is 0.240 e. The Balaban J connectivity index is 1.87. The molecule has 0 aromatic carbocycles. The van der Waals surface area contributed by atoms with Gasteiger partial charge in [-0.1, -0.05) is 19.0 Å². The van der Waals surface area contributed by atoms with Gasteiger partial charge in [0.05, 0.1) is 6.54 Å². The fraction of sp³-hybridized carbons (Fsp3) is 0.833. The molecule has 2 N–H and O–H groups in total. The van der Waals surface area contributed by atoms with Gasteiger partial charge in [-0.25, -0.2) is 0 Å². The van der Waals surface area contributed by atoms with Crippen LogP contribution in [0.5, 0.6) is 0 Å². The molecule has 0 aliphatic carbocycles. The molecule has 1 fully saturated rings. The first kappa shape index (κ1) is 12.5. The van der Waals surface area contributed by atoms with Crippen molar-refractivity contribution in [3.05, 3.63) is 11.7 Å². The number of likely N-dealkylation sites (tertiary alicyclic amines) is 1. The molecule has 1 unspecified atom stereocenters. The van der Waals surface area contributed by atoms with Gasteiger partial charge in [0.25, 0.3) is 0 Å². The van der Waals surface area contributed by atoms with E-state index < -0.39 is 0 Å². The summed E-state index contributed by atoms with van der Waals surface area (Å²) in [7, 11) is 0. The van der Waals surface area contributed by atoms with Crippen LogP contribution < -0.4 is 5.73 Å². The molecular formula is C12H22N4O. The standard InChI is InChI=1S/C12H22N4O/c1-9(2)6-11-14-12(17-15-11)8-16-5-3-4-10(13)7-16/h9-10H,3-8,13H2,1-2H3. The van der Waals surface area contributed by atoms with Gasteiger partial charge >= 0.3 is 0 Å². The first-order chi connectivity index (χ1) is 8.13. The molecule has 0 amide bonds. The van der Waals surface area contributed by atoms with Crippen molar-refractivity contribution in [3.8, 4) is 0 Å². The van der Waals surface area contributed by atoms with Gasteiger partial charge in [0.1, 0.15) is 0 Å². The van der Waals surface area contributed by atoms with E-state index >= 15 is 0 Å². The highest BCUT2D eigenvalue weighted by molar-refractivity contribution is 4.88. The summed E-state index contributed by atoms with van der Waals surface area (Å²) in [5.41, 5.74) is 5.94. The number of piperidine rings is 1. The van der Waals surface area contributed by atoms with Crippen molar-refractivity contribution in [2.24, 2.45) is 11.7 Å². The van der Waals surface area contributed by atoms with E-state index in [-0.39, 0.29) is 0 Å². The molecule has 0 spiro atoms. The largest absolute Gasteiger partial charge is 0.338 e. The van der Waals surface area contributed by atoms with Crippen molar-refractivity contribution in [2.45, 2.75) is 45.7 Å². The van der Waals surface area contributed by atoms with Crippen LogP contribution in [-0.2, 0) is 13.0 Å². The molecular weight excluding hydrogens is 216 g/mol. The van der Waals surface area contributed by atoms with Crippen LogP contribution in [0, 0.1) is 5.92 Å². The molecule has 1 saturated heterocycles. The van der Waals surface area contributed by atoms with Crippen molar-refractivity contribution in [1.82, 2.24) is 15.0 Å². The van der Waals surface area contributed by atoms with Crippen molar-refractivity contribution < 1.29 is 4.52 Å². The number of nitrogens with two attached hydrogens (primary N) is 1. The average Bonchev–Trinajstić information content (AvgIpc) is 2.64. The fourth-order valence-corrected chi connectivity index (χ4v) is 2.23. The quantitative estimate of drug-likeness (QED) is 0.853. The summed E-state index contributed by atoms with van der Waals surface area (Å²) in [5, 5.41) is 4.00. The topological polar surface area (TPSA) is 68.2 Å². The zero-order valence-electron chi connectivity index (χ0n) is 10.7. The summed E-state index contributed by atoms with van der Waals surface area (Å²) >= 11 is 0. The number of hydrogen-bond donors (Lipinski definition) is 1. The van der Waals surface area contributed by atoms with Crippen LogP contribution in [0.25, 0.3) is 0 Å². The fourth-order valence-electron chi connectivity index (χ4n) is 2.23. The molecule has 5 nitrogen and oxygen atoms in total. The Morgan fingerprint density at radius 1 is 1.53 bits per heavy atom. The summed E-state index contributed by atoms with van der Waals surface area (Å²) in [4.78, 5) is 6.70. The normalized spacial score (nSPS) is 22.2. The second-order valence-corrected chi connectivity index (χ2v) is 5.34. The van der Waals surface area contributed by atoms with E-state index in [1.165, 1.54) is 0 Å². The summed E-state index contributed by atoms with van der Waals surface area (Å²) in [6, 6.07) is 0.293. The minimum absolute atomic E-state index is 0.293. The van der Waals surface area contributed by atoms with Gasteiger partial charge in [0.15, 0.2) is 5.82 Å². The molecule has 1 aromatic rings. The van der Waals surface area contributed by atoms with E-state index in [1.54, 1.807) is 0 Å². The maximum absolute atomic E-state index is 5.94. The monoisotopic (exact) mass is 238 g/mol. The number of nitrogens with zero attached hydrogens (tertiary/aromatic N) is 3. The lowest BCUT2D eigenvalue weighted by Gasteiger charge is -2.29. The van der Waals surface area contributed by atoms with E-state index in [0.717, 1.165) is 50.6 Å². The molecule has 0 radical (unpaired) electrons. The molecule has 0 bridgehead atoms. The van der Waals surface area contributed by atoms with E-state index in [1.807, 2.05) is 0 Å². The Morgan fingerprint density at radius 3 is 3.06 bits per heavy atom. The highest BCUT2D eigenvalue weighted by Gasteiger charge is 2.19. The minimum Gasteiger partial charge on any atom is -0.338 e. The lowest BCUT2D eigenvalue weighted by Crippen LogP contribution is -2.42. The Kier molecular flexibility index (Phi) is 4.12. The molecule has 1 aliphatic heterocycles. The zero-order chi connectivity index (χ0) is 12.3. The van der Waals surface area contributed by atoms with Gasteiger partial charge in [0, 0.05) is 19.0 Å². The van der Waals surface area contributed by atoms with Gasteiger partial charge in [-0.3, -0.25) is 4.90 Å². The third-order valence-electron chi connectivity index (χ3n) is 3.00. The van der Waals surface area contributed by atoms with Crippen LogP contribution >= 0.6 is 0 Å². The van der Waals surface area contributed by atoms with Crippen LogP contribution in [-0.4, -0.2) is 34.2 Å². The van der Waals surface area contributed by atoms with Gasteiger partial charge in [0.2, 0.25) is 5.89 Å². The van der Waals surface area contributed by atoms with E-state index in [9.17, 15) is 0 Å². The molecule has 1 aromatic heterocycles. The number of aromatic nitrogens is 2. The first-order valence-electron chi connectivity index (χ1n) is 6.43. The van der Waals surface area contributed by atoms with Gasteiger partial charge < -0.3 is 10.3 Å². The van der Waals surface area contributed by atoms with Gasteiger partial charge in [-0.15, -0.1) is 0 Å². The molecule has 0 saturated carbocycles. The summed E-state index contributed by atoms with van der Waals surface area (Å²) in [5.74, 6) is 2.09. The van der Waals surface area contributed by atoms with E-state index in [4.69, 9.17) is 10.3 Å². The van der Waals surface area contributed by atoms with Gasteiger partial charge in [-0.05, 0) is 25.3 Å². The summed E-state index contributed by atoms with van der Waals surface area (Å²) in [6.07, 6.45) is 3.16. The van der Waals surface area contributed by atoms with Crippen LogP contribution in [0.15, 0.2) is 4.52 Å². The summed E-state index contributed by atoms with van der Waals surface area (Å²) in [6.45, 7) is 7.05. The Bertz CT molecular complexity index is 350. The molecule has 17 heavy (non-hydrogen) atoms. The van der Waals surface area contributed by atoms with E-state index in [2.05, 4.69) is 28.9 Å². The predicted octanol–water partition coefficient (Wildman–Crippen LogP) is 1.19. The van der Waals surface area contributed by atoms with Crippen LogP contribution in [0.4, 0.5) is 0 Å². The number of hydrogen-bond acceptors (Lipinski definition) is 5. The number of rotatable bonds is 4. The first-order valence-corrected chi connectivity index (χ1v) is 6.43. The Morgan fingerprint density at radius 2 is 2.35 bits per heavy atom. The molecule has 2 rings (SSSR count). The van der Waals surface area contributed by atoms with Crippen LogP contribution in [0.1, 0.15) is 38.4 Å². The minimum atomic E-state index is 0.293.